The Hall–Kier alpha value is -3.28. The number of halogens is 6. The smallest absolute Gasteiger partial charge is 0.416 e. The summed E-state index contributed by atoms with van der Waals surface area (Å²) in [5.74, 6) is -1.17. The lowest BCUT2D eigenvalue weighted by Gasteiger charge is -2.50. The summed E-state index contributed by atoms with van der Waals surface area (Å²) < 4.78 is 85.8. The van der Waals surface area contributed by atoms with Gasteiger partial charge in [0.2, 0.25) is 0 Å². The molecule has 4 rings (SSSR count). The van der Waals surface area contributed by atoms with Gasteiger partial charge >= 0.3 is 18.4 Å². The number of alkyl halides is 6. The van der Waals surface area contributed by atoms with Crippen molar-refractivity contribution in [2.24, 2.45) is 0 Å². The van der Waals surface area contributed by atoms with Crippen LogP contribution in [0.25, 0.3) is 0 Å². The molecule has 1 spiro atoms. The van der Waals surface area contributed by atoms with E-state index in [-0.39, 0.29) is 37.9 Å². The number of carbonyl (C=O) groups is 2. The predicted molar refractivity (Wildman–Crippen MR) is 130 cm³/mol. The molecule has 2 amide bonds. The summed E-state index contributed by atoms with van der Waals surface area (Å²) in [4.78, 5) is 30.9. The van der Waals surface area contributed by atoms with Crippen LogP contribution in [0, 0.1) is 0 Å². The maximum absolute atomic E-state index is 13.3. The maximum atomic E-state index is 13.3. The number of amides is 2. The monoisotopic (exact) mass is 557 g/mol. The lowest BCUT2D eigenvalue weighted by atomic mass is 9.74. The molecule has 0 bridgehead atoms. The van der Waals surface area contributed by atoms with Crippen LogP contribution < -0.4 is 0 Å². The number of ether oxygens (including phenoxy) is 1. The molecule has 6 nitrogen and oxygen atoms in total. The summed E-state index contributed by atoms with van der Waals surface area (Å²) in [6.07, 6.45) is -10.2. The Morgan fingerprint density at radius 3 is 2.05 bits per heavy atom. The van der Waals surface area contributed by atoms with Crippen LogP contribution in [0.3, 0.4) is 0 Å². The van der Waals surface area contributed by atoms with Crippen molar-refractivity contribution in [2.45, 2.75) is 36.7 Å². The number of likely N-dealkylation sites (tertiary alicyclic amines) is 1. The van der Waals surface area contributed by atoms with Crippen LogP contribution in [0.1, 0.15) is 45.8 Å². The summed E-state index contributed by atoms with van der Waals surface area (Å²) in [5.41, 5.74) is -3.81. The first-order chi connectivity index (χ1) is 18.2. The molecule has 1 atom stereocenters. The Bertz CT molecular complexity index is 1160. The Labute approximate surface area is 222 Å². The molecule has 0 saturated carbocycles. The van der Waals surface area contributed by atoms with E-state index in [1.54, 1.807) is 4.90 Å². The minimum absolute atomic E-state index is 0.00400. The SMILES string of the molecule is CN(C)CCN1CC(c2ccccc2)C2(CCN(C(=O)c3cc(C(F)(F)F)cc(C(F)(F)F)c3)CC2)OC1=O. The fraction of sp³-hybridized carbons (Fsp3) is 0.481. The number of nitrogens with zero attached hydrogens (tertiary/aromatic N) is 3. The Morgan fingerprint density at radius 2 is 1.54 bits per heavy atom. The molecule has 2 heterocycles. The largest absolute Gasteiger partial charge is 0.442 e. The van der Waals surface area contributed by atoms with Crippen molar-refractivity contribution < 1.29 is 40.7 Å². The summed E-state index contributed by atoms with van der Waals surface area (Å²) in [6.45, 7) is 1.47. The molecule has 2 aromatic rings. The van der Waals surface area contributed by atoms with Gasteiger partial charge in [-0.05, 0) is 37.9 Å². The maximum Gasteiger partial charge on any atom is 0.416 e. The molecule has 39 heavy (non-hydrogen) atoms. The van der Waals surface area contributed by atoms with Crippen molar-refractivity contribution in [3.63, 3.8) is 0 Å². The Kier molecular flexibility index (Phi) is 7.89. The van der Waals surface area contributed by atoms with Crippen LogP contribution in [0.4, 0.5) is 31.1 Å². The lowest BCUT2D eigenvalue weighted by Crippen LogP contribution is -2.60. The van der Waals surface area contributed by atoms with Gasteiger partial charge in [-0.3, -0.25) is 4.79 Å². The van der Waals surface area contributed by atoms with Crippen LogP contribution in [-0.4, -0.2) is 79.1 Å². The van der Waals surface area contributed by atoms with Gasteiger partial charge < -0.3 is 19.4 Å². The van der Waals surface area contributed by atoms with Crippen LogP contribution in [0.15, 0.2) is 48.5 Å². The van der Waals surface area contributed by atoms with E-state index >= 15 is 0 Å². The van der Waals surface area contributed by atoms with E-state index in [0.717, 1.165) is 5.56 Å². The molecular weight excluding hydrogens is 528 g/mol. The van der Waals surface area contributed by atoms with Gasteiger partial charge in [-0.25, -0.2) is 4.79 Å². The van der Waals surface area contributed by atoms with Crippen LogP contribution in [0.5, 0.6) is 0 Å². The van der Waals surface area contributed by atoms with Gasteiger partial charge in [0.25, 0.3) is 5.91 Å². The van der Waals surface area contributed by atoms with Crippen molar-refractivity contribution in [1.82, 2.24) is 14.7 Å². The van der Waals surface area contributed by atoms with Crippen molar-refractivity contribution in [1.29, 1.82) is 0 Å². The van der Waals surface area contributed by atoms with Gasteiger partial charge in [0.15, 0.2) is 0 Å². The normalized spacial score (nSPS) is 19.9. The van der Waals surface area contributed by atoms with Crippen molar-refractivity contribution in [2.75, 3.05) is 46.8 Å². The third-order valence-corrected chi connectivity index (χ3v) is 7.34. The van der Waals surface area contributed by atoms with Gasteiger partial charge in [0, 0.05) is 57.0 Å². The zero-order chi connectivity index (χ0) is 28.6. The molecule has 2 aliphatic rings. The number of hydrogen-bond donors (Lipinski definition) is 0. The zero-order valence-corrected chi connectivity index (χ0v) is 21.5. The van der Waals surface area contributed by atoms with Gasteiger partial charge in [0.05, 0.1) is 11.1 Å². The number of rotatable bonds is 5. The minimum Gasteiger partial charge on any atom is -0.442 e. The Balaban J connectivity index is 1.57. The van der Waals surface area contributed by atoms with Crippen LogP contribution in [0.2, 0.25) is 0 Å². The first kappa shape index (κ1) is 28.7. The third kappa shape index (κ3) is 6.32. The molecule has 0 radical (unpaired) electrons. The molecule has 0 N–H and O–H groups in total. The van der Waals surface area contributed by atoms with Crippen molar-refractivity contribution in [3.05, 3.63) is 70.8 Å². The molecule has 212 valence electrons. The second-order valence-electron chi connectivity index (χ2n) is 10.2. The third-order valence-electron chi connectivity index (χ3n) is 7.34. The lowest BCUT2D eigenvalue weighted by molar-refractivity contribution is -0.143. The van der Waals surface area contributed by atoms with Gasteiger partial charge in [-0.1, -0.05) is 30.3 Å². The molecule has 2 aromatic carbocycles. The number of piperidine rings is 1. The number of benzene rings is 2. The van der Waals surface area contributed by atoms with Gasteiger partial charge in [0.1, 0.15) is 5.60 Å². The standard InChI is InChI=1S/C27H29F6N3O3/c1-34(2)12-13-36-17-22(18-6-4-3-5-7-18)25(39-24(36)38)8-10-35(11-9-25)23(37)19-14-20(26(28,29)30)16-21(15-19)27(31,32)33/h3-7,14-16,22H,8-13,17H2,1-2H3. The molecule has 2 fully saturated rings. The average molecular weight is 558 g/mol. The summed E-state index contributed by atoms with van der Waals surface area (Å²) in [6, 6.07) is 10.3. The van der Waals surface area contributed by atoms with E-state index in [0.29, 0.717) is 31.8 Å². The second kappa shape index (κ2) is 10.7. The molecule has 12 heteroatoms. The summed E-state index contributed by atoms with van der Waals surface area (Å²) >= 11 is 0. The first-order valence-electron chi connectivity index (χ1n) is 12.5. The van der Waals surface area contributed by atoms with E-state index < -0.39 is 46.6 Å². The van der Waals surface area contributed by atoms with Crippen molar-refractivity contribution >= 4 is 12.0 Å². The highest BCUT2D eigenvalue weighted by atomic mass is 19.4. The molecule has 2 aliphatic heterocycles. The second-order valence-corrected chi connectivity index (χ2v) is 10.2. The van der Waals surface area contributed by atoms with Crippen molar-refractivity contribution in [3.8, 4) is 0 Å². The molecule has 0 aliphatic carbocycles. The number of hydrogen-bond acceptors (Lipinski definition) is 4. The van der Waals surface area contributed by atoms with E-state index in [1.807, 2.05) is 49.3 Å². The molecule has 0 aromatic heterocycles. The zero-order valence-electron chi connectivity index (χ0n) is 21.5. The van der Waals surface area contributed by atoms with Gasteiger partial charge in [-0.2, -0.15) is 26.3 Å². The number of likely N-dealkylation sites (N-methyl/N-ethyl adjacent to an activating group) is 1. The van der Waals surface area contributed by atoms with Gasteiger partial charge in [-0.15, -0.1) is 0 Å². The molecule has 2 saturated heterocycles. The highest BCUT2D eigenvalue weighted by Gasteiger charge is 2.51. The van der Waals surface area contributed by atoms with E-state index in [2.05, 4.69) is 0 Å². The minimum atomic E-state index is -5.06. The Morgan fingerprint density at radius 1 is 0.974 bits per heavy atom. The van der Waals surface area contributed by atoms with Crippen LogP contribution in [-0.2, 0) is 17.1 Å². The molecule has 1 unspecified atom stereocenters. The molecular formula is C27H29F6N3O3. The topological polar surface area (TPSA) is 53.1 Å². The quantitative estimate of drug-likeness (QED) is 0.456. The van der Waals surface area contributed by atoms with Crippen LogP contribution >= 0.6 is 0 Å². The average Bonchev–Trinajstić information content (AvgIpc) is 2.87. The summed E-state index contributed by atoms with van der Waals surface area (Å²) in [5, 5.41) is 0. The summed E-state index contributed by atoms with van der Waals surface area (Å²) in [7, 11) is 3.78. The van der Waals surface area contributed by atoms with E-state index in [1.165, 1.54) is 4.90 Å². The van der Waals surface area contributed by atoms with E-state index in [9.17, 15) is 35.9 Å². The highest BCUT2D eigenvalue weighted by Crippen LogP contribution is 2.44. The number of carbonyl (C=O) groups excluding carboxylic acids is 2. The van der Waals surface area contributed by atoms with E-state index in [4.69, 9.17) is 4.74 Å². The first-order valence-corrected chi connectivity index (χ1v) is 12.5. The highest BCUT2D eigenvalue weighted by molar-refractivity contribution is 5.94. The fourth-order valence-corrected chi connectivity index (χ4v) is 5.17. The fourth-order valence-electron chi connectivity index (χ4n) is 5.17. The predicted octanol–water partition coefficient (Wildman–Crippen LogP) is 5.50.